The zero-order valence-electron chi connectivity index (χ0n) is 23.7. The second-order valence-corrected chi connectivity index (χ2v) is 10.7. The number of carbonyl (C=O) groups excluding carboxylic acids is 2. The first-order valence-electron chi connectivity index (χ1n) is 14.3. The standard InChI is InChI=1S/C39H24N2O3/c1-44-29-20-18-28(19-21-29)41-38(42)32-12-7-11-30-26(17-22-33(37(30)32)39(41)43)16-14-25-15-23-36-34(24-25)31-10-5-6-13-35(31)40(36)27-8-3-2-4-9-27/h2-13,15,17-24H,1H3. The molecule has 1 aliphatic heterocycles. The van der Waals surface area contributed by atoms with Crippen LogP contribution in [0, 0.1) is 11.8 Å². The van der Waals surface area contributed by atoms with Gasteiger partial charge in [0.05, 0.1) is 23.8 Å². The number of methoxy groups -OCH3 is 1. The Morgan fingerprint density at radius 3 is 2.07 bits per heavy atom. The van der Waals surface area contributed by atoms with E-state index in [-0.39, 0.29) is 11.8 Å². The topological polar surface area (TPSA) is 51.5 Å². The van der Waals surface area contributed by atoms with Crippen molar-refractivity contribution in [2.24, 2.45) is 0 Å². The maximum absolute atomic E-state index is 13.6. The van der Waals surface area contributed by atoms with Crippen molar-refractivity contribution in [1.82, 2.24) is 4.57 Å². The van der Waals surface area contributed by atoms with E-state index in [1.165, 1.54) is 4.90 Å². The first-order chi connectivity index (χ1) is 21.6. The molecule has 0 spiro atoms. The first-order valence-corrected chi connectivity index (χ1v) is 14.3. The molecular weight excluding hydrogens is 544 g/mol. The number of ether oxygens (including phenoxy) is 1. The molecule has 0 saturated carbocycles. The van der Waals surface area contributed by atoms with Gasteiger partial charge in [0.25, 0.3) is 11.8 Å². The molecular formula is C39H24N2O3. The number of hydrogen-bond acceptors (Lipinski definition) is 3. The molecule has 6 aromatic carbocycles. The maximum atomic E-state index is 13.6. The summed E-state index contributed by atoms with van der Waals surface area (Å²) in [6, 6.07) is 41.1. The number of benzene rings is 6. The lowest BCUT2D eigenvalue weighted by Crippen LogP contribution is -2.40. The van der Waals surface area contributed by atoms with Crippen molar-refractivity contribution in [3.05, 3.63) is 150 Å². The lowest BCUT2D eigenvalue weighted by Gasteiger charge is -2.27. The van der Waals surface area contributed by atoms with Crippen molar-refractivity contribution in [1.29, 1.82) is 0 Å². The second-order valence-electron chi connectivity index (χ2n) is 10.7. The number of nitrogens with zero attached hydrogens (tertiary/aromatic N) is 2. The van der Waals surface area contributed by atoms with Gasteiger partial charge < -0.3 is 9.30 Å². The fourth-order valence-corrected chi connectivity index (χ4v) is 6.22. The summed E-state index contributed by atoms with van der Waals surface area (Å²) in [7, 11) is 1.58. The van der Waals surface area contributed by atoms with Gasteiger partial charge in [0, 0.05) is 44.1 Å². The van der Waals surface area contributed by atoms with E-state index >= 15 is 0 Å². The van der Waals surface area contributed by atoms with Crippen LogP contribution in [0.15, 0.2) is 127 Å². The average molecular weight is 569 g/mol. The molecule has 5 nitrogen and oxygen atoms in total. The third kappa shape index (κ3) is 3.89. The largest absolute Gasteiger partial charge is 0.497 e. The summed E-state index contributed by atoms with van der Waals surface area (Å²) in [6.07, 6.45) is 0. The summed E-state index contributed by atoms with van der Waals surface area (Å²) < 4.78 is 7.51. The predicted octanol–water partition coefficient (Wildman–Crippen LogP) is 8.15. The Bertz CT molecular complexity index is 2340. The van der Waals surface area contributed by atoms with Crippen LogP contribution in [0.5, 0.6) is 5.75 Å². The van der Waals surface area contributed by atoms with E-state index in [0.29, 0.717) is 28.0 Å². The van der Waals surface area contributed by atoms with Gasteiger partial charge in [0.2, 0.25) is 0 Å². The fourth-order valence-electron chi connectivity index (χ4n) is 6.22. The number of amides is 2. The van der Waals surface area contributed by atoms with Gasteiger partial charge in [-0.05, 0) is 84.2 Å². The van der Waals surface area contributed by atoms with E-state index in [0.717, 1.165) is 44.0 Å². The van der Waals surface area contributed by atoms with Crippen molar-refractivity contribution >= 4 is 50.1 Å². The molecule has 8 rings (SSSR count). The van der Waals surface area contributed by atoms with Crippen LogP contribution in [0.4, 0.5) is 5.69 Å². The first kappa shape index (κ1) is 25.6. The molecule has 2 heterocycles. The third-order valence-electron chi connectivity index (χ3n) is 8.27. The van der Waals surface area contributed by atoms with Gasteiger partial charge >= 0.3 is 0 Å². The zero-order chi connectivity index (χ0) is 29.8. The monoisotopic (exact) mass is 568 g/mol. The van der Waals surface area contributed by atoms with Crippen LogP contribution >= 0.6 is 0 Å². The quantitative estimate of drug-likeness (QED) is 0.160. The number of carbonyl (C=O) groups is 2. The van der Waals surface area contributed by atoms with Crippen molar-refractivity contribution in [3.8, 4) is 23.3 Å². The molecule has 0 radical (unpaired) electrons. The van der Waals surface area contributed by atoms with Crippen molar-refractivity contribution in [2.75, 3.05) is 12.0 Å². The van der Waals surface area contributed by atoms with Gasteiger partial charge in [-0.15, -0.1) is 0 Å². The molecule has 1 aliphatic rings. The summed E-state index contributed by atoms with van der Waals surface area (Å²) in [5, 5.41) is 3.71. The molecule has 0 aliphatic carbocycles. The van der Waals surface area contributed by atoms with Crippen LogP contribution in [0.3, 0.4) is 0 Å². The molecule has 44 heavy (non-hydrogen) atoms. The molecule has 5 heteroatoms. The number of anilines is 1. The van der Waals surface area contributed by atoms with E-state index in [1.807, 2.05) is 42.5 Å². The Hall–Kier alpha value is -6.12. The molecule has 2 amide bonds. The number of fused-ring (bicyclic) bond motifs is 3. The maximum Gasteiger partial charge on any atom is 0.265 e. The molecule has 0 atom stereocenters. The summed E-state index contributed by atoms with van der Waals surface area (Å²) in [5.41, 5.74) is 6.46. The van der Waals surface area contributed by atoms with Crippen LogP contribution in [-0.2, 0) is 0 Å². The summed E-state index contributed by atoms with van der Waals surface area (Å²) in [6.45, 7) is 0. The molecule has 7 aromatic rings. The molecule has 0 N–H and O–H groups in total. The molecule has 0 fully saturated rings. The summed E-state index contributed by atoms with van der Waals surface area (Å²) >= 11 is 0. The highest BCUT2D eigenvalue weighted by Crippen LogP contribution is 2.35. The van der Waals surface area contributed by atoms with Crippen molar-refractivity contribution in [3.63, 3.8) is 0 Å². The van der Waals surface area contributed by atoms with E-state index in [1.54, 1.807) is 43.5 Å². The Balaban J connectivity index is 1.22. The SMILES string of the molecule is COc1ccc(N2C(=O)c3cccc4c(C#Cc5ccc6c(c5)c5ccccc5n6-c5ccccc5)ccc(c34)C2=O)cc1. The molecule has 0 saturated heterocycles. The van der Waals surface area contributed by atoms with Crippen LogP contribution in [0.1, 0.15) is 31.8 Å². The number of hydrogen-bond donors (Lipinski definition) is 0. The summed E-state index contributed by atoms with van der Waals surface area (Å²) in [5.74, 6) is 6.62. The lowest BCUT2D eigenvalue weighted by atomic mass is 9.91. The van der Waals surface area contributed by atoms with E-state index in [9.17, 15) is 9.59 Å². The van der Waals surface area contributed by atoms with E-state index in [4.69, 9.17) is 4.74 Å². The van der Waals surface area contributed by atoms with Crippen LogP contribution < -0.4 is 9.64 Å². The lowest BCUT2D eigenvalue weighted by molar-refractivity contribution is 0.0893. The Kier molecular flexibility index (Phi) is 5.82. The predicted molar refractivity (Wildman–Crippen MR) is 175 cm³/mol. The van der Waals surface area contributed by atoms with Gasteiger partial charge in [0.15, 0.2) is 0 Å². The highest BCUT2D eigenvalue weighted by atomic mass is 16.5. The minimum atomic E-state index is -0.358. The normalized spacial score (nSPS) is 12.5. The second kappa shape index (κ2) is 10.0. The Labute approximate surface area is 253 Å². The number of para-hydroxylation sites is 2. The number of aromatic nitrogens is 1. The fraction of sp³-hybridized carbons (Fsp3) is 0.0256. The average Bonchev–Trinajstić information content (AvgIpc) is 3.41. The molecule has 208 valence electrons. The summed E-state index contributed by atoms with van der Waals surface area (Å²) in [4.78, 5) is 28.5. The zero-order valence-corrected chi connectivity index (χ0v) is 23.7. The van der Waals surface area contributed by atoms with Crippen LogP contribution in [-0.4, -0.2) is 23.5 Å². The van der Waals surface area contributed by atoms with Crippen molar-refractivity contribution in [2.45, 2.75) is 0 Å². The van der Waals surface area contributed by atoms with Gasteiger partial charge in [-0.2, -0.15) is 0 Å². The minimum absolute atomic E-state index is 0.358. The van der Waals surface area contributed by atoms with Gasteiger partial charge in [-0.3, -0.25) is 9.59 Å². The Morgan fingerprint density at radius 1 is 0.568 bits per heavy atom. The van der Waals surface area contributed by atoms with Gasteiger partial charge in [-0.25, -0.2) is 4.90 Å². The Morgan fingerprint density at radius 2 is 1.27 bits per heavy atom. The van der Waals surface area contributed by atoms with Gasteiger partial charge in [-0.1, -0.05) is 60.4 Å². The number of imide groups is 1. The molecule has 0 bridgehead atoms. The van der Waals surface area contributed by atoms with Crippen molar-refractivity contribution < 1.29 is 14.3 Å². The highest BCUT2D eigenvalue weighted by molar-refractivity contribution is 6.36. The van der Waals surface area contributed by atoms with E-state index in [2.05, 4.69) is 64.9 Å². The number of rotatable bonds is 3. The van der Waals surface area contributed by atoms with Crippen LogP contribution in [0.25, 0.3) is 38.3 Å². The third-order valence-corrected chi connectivity index (χ3v) is 8.27. The van der Waals surface area contributed by atoms with E-state index < -0.39 is 0 Å². The molecule has 0 unspecified atom stereocenters. The highest BCUT2D eigenvalue weighted by Gasteiger charge is 2.34. The minimum Gasteiger partial charge on any atom is -0.497 e. The van der Waals surface area contributed by atoms with Crippen LogP contribution in [0.2, 0.25) is 0 Å². The molecule has 1 aromatic heterocycles. The van der Waals surface area contributed by atoms with Gasteiger partial charge in [0.1, 0.15) is 5.75 Å². The smallest absolute Gasteiger partial charge is 0.265 e.